The lowest BCUT2D eigenvalue weighted by Gasteiger charge is -2.34. The summed E-state index contributed by atoms with van der Waals surface area (Å²) in [5, 5.41) is 8.45. The molecule has 0 radical (unpaired) electrons. The molecule has 2 aromatic heterocycles. The molecular weight excluding hydrogens is 543 g/mol. The lowest BCUT2D eigenvalue weighted by molar-refractivity contribution is -0.230. The van der Waals surface area contributed by atoms with Crippen LogP contribution in [0, 0.1) is 18.3 Å². The quantitative estimate of drug-likeness (QED) is 0.307. The number of hydrogen-bond donors (Lipinski definition) is 3. The number of aromatic nitrogens is 3. The maximum absolute atomic E-state index is 13.4. The highest BCUT2D eigenvalue weighted by Crippen LogP contribution is 2.40. The minimum atomic E-state index is -4.38. The molecule has 4 rings (SSSR count). The predicted molar refractivity (Wildman–Crippen MR) is 150 cm³/mol. The summed E-state index contributed by atoms with van der Waals surface area (Å²) in [4.78, 5) is 21.3. The fourth-order valence-corrected chi connectivity index (χ4v) is 5.54. The van der Waals surface area contributed by atoms with Gasteiger partial charge >= 0.3 is 6.18 Å². The van der Waals surface area contributed by atoms with E-state index in [9.17, 15) is 18.0 Å². The number of ether oxygens (including phenoxy) is 1. The molecule has 1 amide bonds. The highest BCUT2D eigenvalue weighted by Gasteiger charge is 2.48. The molecule has 0 spiro atoms. The van der Waals surface area contributed by atoms with E-state index < -0.39 is 24.4 Å². The van der Waals surface area contributed by atoms with Crippen LogP contribution in [0.5, 0.6) is 0 Å². The summed E-state index contributed by atoms with van der Waals surface area (Å²) in [7, 11) is 0. The largest absolute Gasteiger partial charge is 0.396 e. The van der Waals surface area contributed by atoms with Crippen molar-refractivity contribution in [1.82, 2.24) is 25.3 Å². The van der Waals surface area contributed by atoms with Gasteiger partial charge in [0.05, 0.1) is 28.7 Å². The van der Waals surface area contributed by atoms with Crippen molar-refractivity contribution in [1.29, 1.82) is 0 Å². The average Bonchev–Trinajstić information content (AvgIpc) is 3.59. The topological polar surface area (TPSA) is 98.4 Å². The second kappa shape index (κ2) is 11.6. The van der Waals surface area contributed by atoms with Gasteiger partial charge in [0.1, 0.15) is 17.9 Å². The lowest BCUT2D eigenvalue weighted by atomic mass is 9.93. The predicted octanol–water partition coefficient (Wildman–Crippen LogP) is 5.72. The number of alkyl halides is 3. The molecule has 2 aromatic rings. The van der Waals surface area contributed by atoms with Crippen molar-refractivity contribution in [3.8, 4) is 0 Å². The Morgan fingerprint density at radius 1 is 1.30 bits per heavy atom. The first kappa shape index (κ1) is 30.2. The summed E-state index contributed by atoms with van der Waals surface area (Å²) in [6.45, 7) is 10.8. The summed E-state index contributed by atoms with van der Waals surface area (Å²) in [6, 6.07) is 3.44. The number of nitrogens with zero attached hydrogens (tertiary/aromatic N) is 4. The molecule has 13 heteroatoms. The number of carbonyl (C=O) groups is 1. The van der Waals surface area contributed by atoms with Crippen molar-refractivity contribution < 1.29 is 22.7 Å². The van der Waals surface area contributed by atoms with Gasteiger partial charge in [0.15, 0.2) is 0 Å². The first-order valence-electron chi connectivity index (χ1n) is 13.4. The second-order valence-electron chi connectivity index (χ2n) is 11.7. The van der Waals surface area contributed by atoms with Crippen molar-refractivity contribution in [2.45, 2.75) is 83.6 Å². The minimum Gasteiger partial charge on any atom is -0.357 e. The zero-order valence-electron chi connectivity index (χ0n) is 23.7. The standard InChI is InChI=1S/C27H38F3N7O2S/c1-7-8-18-13-26(5,6)36(15-18)23-19(24(38)35-40-20-14-31-33-17(20)2)9-10-21(32-23)37-12-11-22(34-37)39-16-25(3,4)27(28,29)30/h9-12,14,18,22,34H,7-8,13,15-16H2,1-6H3,(H,31,33)(H,35,38). The number of hydrazine groups is 1. The third kappa shape index (κ3) is 6.58. The van der Waals surface area contributed by atoms with Crippen LogP contribution >= 0.6 is 11.9 Å². The normalized spacial score (nSPS) is 20.9. The Hall–Kier alpha value is -2.77. The van der Waals surface area contributed by atoms with E-state index in [4.69, 9.17) is 9.72 Å². The van der Waals surface area contributed by atoms with Crippen LogP contribution in [0.25, 0.3) is 0 Å². The third-order valence-corrected chi connectivity index (χ3v) is 8.29. The number of H-pyrrole nitrogens is 1. The van der Waals surface area contributed by atoms with Crippen molar-refractivity contribution in [3.05, 3.63) is 41.9 Å². The molecular formula is C27H38F3N7O2S. The zero-order chi connectivity index (χ0) is 29.3. The molecule has 2 atom stereocenters. The van der Waals surface area contributed by atoms with E-state index in [1.54, 1.807) is 35.6 Å². The fraction of sp³-hybridized carbons (Fsp3) is 0.593. The van der Waals surface area contributed by atoms with Crippen molar-refractivity contribution in [2.24, 2.45) is 11.3 Å². The Morgan fingerprint density at radius 3 is 2.70 bits per heavy atom. The first-order chi connectivity index (χ1) is 18.7. The Morgan fingerprint density at radius 2 is 2.05 bits per heavy atom. The van der Waals surface area contributed by atoms with E-state index in [1.807, 2.05) is 6.92 Å². The van der Waals surface area contributed by atoms with Gasteiger partial charge in [0.2, 0.25) is 0 Å². The van der Waals surface area contributed by atoms with Crippen molar-refractivity contribution in [2.75, 3.05) is 23.1 Å². The van der Waals surface area contributed by atoms with Gasteiger partial charge in [0.25, 0.3) is 5.91 Å². The van der Waals surface area contributed by atoms with Crippen LogP contribution in [0.2, 0.25) is 0 Å². The smallest absolute Gasteiger partial charge is 0.357 e. The van der Waals surface area contributed by atoms with Crippen LogP contribution in [0.15, 0.2) is 35.5 Å². The number of carbonyl (C=O) groups excluding carboxylic acids is 1. The summed E-state index contributed by atoms with van der Waals surface area (Å²) < 4.78 is 48.2. The molecule has 0 saturated carbocycles. The van der Waals surface area contributed by atoms with Crippen LogP contribution in [0.3, 0.4) is 0 Å². The third-order valence-electron chi connectivity index (χ3n) is 7.37. The van der Waals surface area contributed by atoms with Crippen molar-refractivity contribution in [3.63, 3.8) is 0 Å². The zero-order valence-corrected chi connectivity index (χ0v) is 24.5. The molecule has 0 bridgehead atoms. The van der Waals surface area contributed by atoms with Gasteiger partial charge in [-0.1, -0.05) is 13.3 Å². The summed E-state index contributed by atoms with van der Waals surface area (Å²) in [6.07, 6.45) is 2.96. The minimum absolute atomic E-state index is 0.224. The van der Waals surface area contributed by atoms with E-state index in [0.717, 1.165) is 50.2 Å². The van der Waals surface area contributed by atoms with Crippen LogP contribution in [0.1, 0.15) is 69.9 Å². The van der Waals surface area contributed by atoms with E-state index >= 15 is 0 Å². The maximum atomic E-state index is 13.4. The van der Waals surface area contributed by atoms with E-state index in [0.29, 0.717) is 23.1 Å². The number of aromatic amines is 1. The fourth-order valence-electron chi connectivity index (χ4n) is 4.92. The van der Waals surface area contributed by atoms with Crippen LogP contribution in [-0.2, 0) is 4.74 Å². The lowest BCUT2D eigenvalue weighted by Crippen LogP contribution is -2.43. The van der Waals surface area contributed by atoms with E-state index in [-0.39, 0.29) is 11.4 Å². The molecule has 2 aliphatic rings. The van der Waals surface area contributed by atoms with Crippen LogP contribution in [0.4, 0.5) is 24.8 Å². The maximum Gasteiger partial charge on any atom is 0.396 e. The number of hydrogen-bond acceptors (Lipinski definition) is 8. The average molecular weight is 582 g/mol. The highest BCUT2D eigenvalue weighted by atomic mass is 32.2. The van der Waals surface area contributed by atoms with Gasteiger partial charge in [-0.2, -0.15) is 23.7 Å². The van der Waals surface area contributed by atoms with Gasteiger partial charge in [-0.25, -0.2) is 4.98 Å². The summed E-state index contributed by atoms with van der Waals surface area (Å²) in [5.74, 6) is 1.25. The number of amides is 1. The van der Waals surface area contributed by atoms with Gasteiger partial charge in [-0.15, -0.1) is 0 Å². The Kier molecular flexibility index (Phi) is 8.77. The second-order valence-corrected chi connectivity index (χ2v) is 12.5. The highest BCUT2D eigenvalue weighted by molar-refractivity contribution is 7.98. The van der Waals surface area contributed by atoms with Crippen molar-refractivity contribution >= 4 is 29.5 Å². The molecule has 0 aliphatic carbocycles. The number of pyridine rings is 1. The molecule has 1 fully saturated rings. The monoisotopic (exact) mass is 581 g/mol. The molecule has 40 heavy (non-hydrogen) atoms. The van der Waals surface area contributed by atoms with Crippen LogP contribution < -0.4 is 20.1 Å². The van der Waals surface area contributed by atoms with Gasteiger partial charge < -0.3 is 9.64 Å². The molecule has 2 unspecified atom stereocenters. The number of anilines is 2. The van der Waals surface area contributed by atoms with E-state index in [2.05, 4.69) is 46.0 Å². The number of rotatable bonds is 10. The molecule has 3 N–H and O–H groups in total. The SMILES string of the molecule is CCCC1CN(c2nc(N3C=CC(OCC(C)(C)C(F)(F)F)N3)ccc2C(=O)NSc2cn[nH]c2C)C(C)(C)C1. The Balaban J connectivity index is 1.56. The summed E-state index contributed by atoms with van der Waals surface area (Å²) >= 11 is 1.19. The Labute approximate surface area is 237 Å². The number of nitrogens with one attached hydrogen (secondary N) is 3. The molecule has 9 nitrogen and oxygen atoms in total. The van der Waals surface area contributed by atoms with E-state index in [1.165, 1.54) is 11.9 Å². The van der Waals surface area contributed by atoms with Gasteiger partial charge in [-0.3, -0.25) is 19.6 Å². The molecule has 2 aliphatic heterocycles. The Bertz CT molecular complexity index is 1230. The summed E-state index contributed by atoms with van der Waals surface area (Å²) in [5.41, 5.74) is 2.11. The van der Waals surface area contributed by atoms with Gasteiger partial charge in [-0.05, 0) is 83.5 Å². The number of aryl methyl sites for hydroxylation is 1. The molecule has 220 valence electrons. The first-order valence-corrected chi connectivity index (χ1v) is 14.2. The molecule has 0 aromatic carbocycles. The van der Waals surface area contributed by atoms with Crippen LogP contribution in [-0.4, -0.2) is 52.2 Å². The molecule has 1 saturated heterocycles. The molecule has 4 heterocycles. The van der Waals surface area contributed by atoms with Gasteiger partial charge in [0, 0.05) is 24.0 Å². The number of halogens is 3.